The lowest BCUT2D eigenvalue weighted by molar-refractivity contribution is -0.118. The normalized spacial score (nSPS) is 16.7. The number of imidazole rings is 1. The molecule has 0 radical (unpaired) electrons. The summed E-state index contributed by atoms with van der Waals surface area (Å²) in [6, 6.07) is 1.90. The number of hydrogen-bond donors (Lipinski definition) is 3. The molecular formula is C27H42BrF2N5O. The van der Waals surface area contributed by atoms with E-state index in [0.29, 0.717) is 30.6 Å². The highest BCUT2D eigenvalue weighted by Crippen LogP contribution is 2.26. The fourth-order valence-electron chi connectivity index (χ4n) is 4.56. The fourth-order valence-corrected chi connectivity index (χ4v) is 4.56. The number of rotatable bonds is 10. The number of nitrogens with one attached hydrogen (secondary N) is 3. The van der Waals surface area contributed by atoms with Crippen LogP contribution in [0.4, 0.5) is 14.6 Å². The van der Waals surface area contributed by atoms with Crippen molar-refractivity contribution in [3.63, 3.8) is 0 Å². The Labute approximate surface area is 224 Å². The molecule has 1 aliphatic rings. The van der Waals surface area contributed by atoms with Gasteiger partial charge in [0.2, 0.25) is 5.91 Å². The molecule has 1 aromatic carbocycles. The summed E-state index contributed by atoms with van der Waals surface area (Å²) in [5.74, 6) is -0.680. The van der Waals surface area contributed by atoms with E-state index in [-0.39, 0.29) is 39.9 Å². The third kappa shape index (κ3) is 8.35. The van der Waals surface area contributed by atoms with Crippen LogP contribution < -0.4 is 16.0 Å². The van der Waals surface area contributed by atoms with Crippen LogP contribution >= 0.6 is 17.0 Å². The van der Waals surface area contributed by atoms with E-state index >= 15 is 0 Å². The van der Waals surface area contributed by atoms with Gasteiger partial charge in [-0.15, -0.1) is 17.0 Å². The number of carbonyl (C=O) groups excluding carboxylic acids is 1. The van der Waals surface area contributed by atoms with Crippen molar-refractivity contribution in [1.29, 1.82) is 0 Å². The Balaban J connectivity index is 0.00000456. The number of aryl methyl sites for hydroxylation is 1. The van der Waals surface area contributed by atoms with Crippen molar-refractivity contribution in [2.45, 2.75) is 91.3 Å². The summed E-state index contributed by atoms with van der Waals surface area (Å²) < 4.78 is 29.9. The average Bonchev–Trinajstić information content (AvgIpc) is 3.22. The minimum Gasteiger partial charge on any atom is -0.328 e. The van der Waals surface area contributed by atoms with E-state index in [4.69, 9.17) is 0 Å². The van der Waals surface area contributed by atoms with Gasteiger partial charge in [0.25, 0.3) is 0 Å². The van der Waals surface area contributed by atoms with Crippen LogP contribution in [-0.4, -0.2) is 40.6 Å². The van der Waals surface area contributed by atoms with Crippen molar-refractivity contribution in [1.82, 2.24) is 20.2 Å². The van der Waals surface area contributed by atoms with Crippen LogP contribution in [0.15, 0.2) is 24.7 Å². The molecule has 2 atom stereocenters. The van der Waals surface area contributed by atoms with Gasteiger partial charge in [0.05, 0.1) is 17.9 Å². The second-order valence-corrected chi connectivity index (χ2v) is 11.6. The molecule has 0 spiro atoms. The number of halogens is 3. The predicted octanol–water partition coefficient (Wildman–Crippen LogP) is 5.36. The Bertz CT molecular complexity index is 1020. The Morgan fingerprint density at radius 3 is 2.58 bits per heavy atom. The molecule has 202 valence electrons. The molecule has 6 nitrogen and oxygen atoms in total. The molecule has 0 fully saturated rings. The number of hydrogen-bond acceptors (Lipinski definition) is 4. The molecule has 3 N–H and O–H groups in total. The highest BCUT2D eigenvalue weighted by molar-refractivity contribution is 8.93. The number of fused-ring (bicyclic) bond motifs is 1. The van der Waals surface area contributed by atoms with Gasteiger partial charge in [0.1, 0.15) is 11.6 Å². The zero-order chi connectivity index (χ0) is 25.8. The maximum atomic E-state index is 14.3. The molecule has 1 amide bonds. The molecule has 1 heterocycles. The first-order valence-corrected chi connectivity index (χ1v) is 12.7. The number of carbonyl (C=O) groups is 1. The second-order valence-electron chi connectivity index (χ2n) is 11.6. The van der Waals surface area contributed by atoms with Crippen molar-refractivity contribution in [2.75, 3.05) is 18.4 Å². The average molecular weight is 571 g/mol. The van der Waals surface area contributed by atoms with Crippen molar-refractivity contribution < 1.29 is 13.6 Å². The van der Waals surface area contributed by atoms with Crippen LogP contribution in [0, 0.1) is 17.0 Å². The van der Waals surface area contributed by atoms with Crippen molar-refractivity contribution in [3.05, 3.63) is 47.4 Å². The van der Waals surface area contributed by atoms with E-state index < -0.39 is 17.7 Å². The molecule has 3 rings (SSSR count). The largest absolute Gasteiger partial charge is 0.328 e. The van der Waals surface area contributed by atoms with E-state index in [2.05, 4.69) is 55.6 Å². The van der Waals surface area contributed by atoms with Gasteiger partial charge in [-0.2, -0.15) is 0 Å². The van der Waals surface area contributed by atoms with Gasteiger partial charge in [-0.05, 0) is 62.1 Å². The Morgan fingerprint density at radius 2 is 1.92 bits per heavy atom. The van der Waals surface area contributed by atoms with Crippen LogP contribution in [-0.2, 0) is 23.2 Å². The summed E-state index contributed by atoms with van der Waals surface area (Å²) in [7, 11) is 0. The van der Waals surface area contributed by atoms with E-state index in [0.717, 1.165) is 37.6 Å². The number of nitrogens with zero attached hydrogens (tertiary/aromatic N) is 2. The summed E-state index contributed by atoms with van der Waals surface area (Å²) in [4.78, 5) is 17.5. The van der Waals surface area contributed by atoms with Crippen LogP contribution in [0.3, 0.4) is 0 Å². The number of aromatic nitrogens is 2. The Morgan fingerprint density at radius 1 is 1.19 bits per heavy atom. The lowest BCUT2D eigenvalue weighted by Crippen LogP contribution is -2.48. The van der Waals surface area contributed by atoms with E-state index in [1.54, 1.807) is 6.33 Å². The quantitative estimate of drug-likeness (QED) is 0.360. The molecule has 0 saturated carbocycles. The van der Waals surface area contributed by atoms with E-state index in [1.165, 1.54) is 6.07 Å². The van der Waals surface area contributed by atoms with Gasteiger partial charge in [-0.1, -0.05) is 34.1 Å². The third-order valence-electron chi connectivity index (χ3n) is 6.54. The minimum atomic E-state index is -0.538. The molecule has 0 aliphatic heterocycles. The van der Waals surface area contributed by atoms with Crippen molar-refractivity contribution in [2.24, 2.45) is 5.41 Å². The topological polar surface area (TPSA) is 71.0 Å². The smallest absolute Gasteiger partial charge is 0.242 e. The summed E-state index contributed by atoms with van der Waals surface area (Å²) >= 11 is 0. The van der Waals surface area contributed by atoms with Gasteiger partial charge in [0, 0.05) is 31.4 Å². The minimum absolute atomic E-state index is 0. The molecule has 9 heteroatoms. The van der Waals surface area contributed by atoms with Crippen molar-refractivity contribution >= 4 is 28.7 Å². The molecule has 36 heavy (non-hydrogen) atoms. The third-order valence-corrected chi connectivity index (χ3v) is 6.54. The molecule has 1 aromatic heterocycles. The first-order valence-electron chi connectivity index (χ1n) is 12.7. The maximum Gasteiger partial charge on any atom is 0.242 e. The van der Waals surface area contributed by atoms with Crippen molar-refractivity contribution in [3.8, 4) is 0 Å². The van der Waals surface area contributed by atoms with Gasteiger partial charge in [-0.25, -0.2) is 13.8 Å². The Kier molecular flexibility index (Phi) is 10.6. The number of amides is 1. The first-order chi connectivity index (χ1) is 16.4. The maximum absolute atomic E-state index is 14.3. The molecule has 2 aromatic rings. The van der Waals surface area contributed by atoms with E-state index in [1.807, 2.05) is 17.7 Å². The van der Waals surface area contributed by atoms with Crippen LogP contribution in [0.5, 0.6) is 0 Å². The van der Waals surface area contributed by atoms with Crippen LogP contribution in [0.25, 0.3) is 0 Å². The van der Waals surface area contributed by atoms with Gasteiger partial charge in [-0.3, -0.25) is 4.79 Å². The highest BCUT2D eigenvalue weighted by atomic mass is 79.9. The van der Waals surface area contributed by atoms with Gasteiger partial charge < -0.3 is 20.5 Å². The molecule has 0 saturated heterocycles. The lowest BCUT2D eigenvalue weighted by atomic mass is 9.87. The fraction of sp³-hybridized carbons (Fsp3) is 0.630. The summed E-state index contributed by atoms with van der Waals surface area (Å²) in [6.07, 6.45) is 6.86. The predicted molar refractivity (Wildman–Crippen MR) is 147 cm³/mol. The first kappa shape index (κ1) is 30.4. The van der Waals surface area contributed by atoms with Gasteiger partial charge in [0.15, 0.2) is 5.82 Å². The molecular weight excluding hydrogens is 528 g/mol. The summed E-state index contributed by atoms with van der Waals surface area (Å²) in [6.45, 7) is 14.6. The molecule has 1 unspecified atom stereocenters. The van der Waals surface area contributed by atoms with E-state index in [9.17, 15) is 13.6 Å². The number of anilines is 1. The standard InChI is InChI=1S/C27H41F2N5O.BrH/c1-7-8-23(32-20-10-9-18-11-19(28)12-22(29)21(18)13-20)25(35)33-24-14-34(17-31-24)27(5,6)16-30-15-26(2,3)4;/h11-12,14,17,20,23,30,32H,7-10,13,15-16H2,1-6H3,(H,33,35);1H/t20-,23?;/m0./s1. The Hall–Kier alpha value is -1.84. The molecule has 0 bridgehead atoms. The zero-order valence-corrected chi connectivity index (χ0v) is 24.1. The van der Waals surface area contributed by atoms with Gasteiger partial charge >= 0.3 is 0 Å². The van der Waals surface area contributed by atoms with Crippen LogP contribution in [0.2, 0.25) is 0 Å². The lowest BCUT2D eigenvalue weighted by Gasteiger charge is -2.30. The monoisotopic (exact) mass is 569 g/mol. The summed E-state index contributed by atoms with van der Waals surface area (Å²) in [5, 5.41) is 9.89. The number of benzene rings is 1. The zero-order valence-electron chi connectivity index (χ0n) is 22.4. The highest BCUT2D eigenvalue weighted by Gasteiger charge is 2.28. The van der Waals surface area contributed by atoms with Crippen LogP contribution in [0.1, 0.15) is 71.9 Å². The second kappa shape index (κ2) is 12.6. The molecule has 1 aliphatic carbocycles. The summed E-state index contributed by atoms with van der Waals surface area (Å²) in [5.41, 5.74) is 1.27. The SMILES string of the molecule is Br.CCCC(N[C@H]1CCc2cc(F)cc(F)c2C1)C(=O)Nc1cn(C(C)(C)CNCC(C)(C)C)cn1.